The van der Waals surface area contributed by atoms with Gasteiger partial charge in [-0.15, -0.1) is 0 Å². The van der Waals surface area contributed by atoms with Gasteiger partial charge in [-0.05, 0) is 25.9 Å². The number of sulfone groups is 1. The SMILES string of the molecule is CCS(=O)(=O)CCN1CCC(C)(C(N)=NO)CC1. The van der Waals surface area contributed by atoms with Crippen LogP contribution in [0.3, 0.4) is 0 Å². The highest BCUT2D eigenvalue weighted by molar-refractivity contribution is 7.91. The van der Waals surface area contributed by atoms with E-state index in [9.17, 15) is 8.42 Å². The number of rotatable bonds is 5. The van der Waals surface area contributed by atoms with E-state index < -0.39 is 9.84 Å². The van der Waals surface area contributed by atoms with E-state index in [1.165, 1.54) is 0 Å². The van der Waals surface area contributed by atoms with Crippen LogP contribution in [0.4, 0.5) is 0 Å². The highest BCUT2D eigenvalue weighted by Crippen LogP contribution is 2.30. The molecule has 0 spiro atoms. The molecule has 1 aliphatic rings. The van der Waals surface area contributed by atoms with E-state index in [2.05, 4.69) is 10.1 Å². The maximum Gasteiger partial charge on any atom is 0.151 e. The number of hydrogen-bond donors (Lipinski definition) is 2. The van der Waals surface area contributed by atoms with Crippen LogP contribution >= 0.6 is 0 Å². The van der Waals surface area contributed by atoms with Crippen molar-refractivity contribution in [2.24, 2.45) is 16.3 Å². The Balaban J connectivity index is 2.45. The van der Waals surface area contributed by atoms with E-state index in [-0.39, 0.29) is 22.8 Å². The van der Waals surface area contributed by atoms with Crippen LogP contribution in [0.2, 0.25) is 0 Å². The van der Waals surface area contributed by atoms with Crippen LogP contribution in [0.5, 0.6) is 0 Å². The third-order valence-electron chi connectivity index (χ3n) is 3.84. The van der Waals surface area contributed by atoms with E-state index in [1.54, 1.807) is 6.92 Å². The van der Waals surface area contributed by atoms with Crippen LogP contribution in [-0.4, -0.2) is 55.5 Å². The molecule has 0 saturated carbocycles. The molecule has 3 N–H and O–H groups in total. The second kappa shape index (κ2) is 5.88. The van der Waals surface area contributed by atoms with Gasteiger partial charge in [-0.3, -0.25) is 0 Å². The second-order valence-corrected chi connectivity index (χ2v) is 7.60. The number of piperidine rings is 1. The molecule has 0 aromatic carbocycles. The van der Waals surface area contributed by atoms with Gasteiger partial charge in [0.05, 0.1) is 5.75 Å². The largest absolute Gasteiger partial charge is 0.409 e. The Morgan fingerprint density at radius 3 is 2.44 bits per heavy atom. The molecule has 1 saturated heterocycles. The highest BCUT2D eigenvalue weighted by Gasteiger charge is 2.34. The zero-order chi connectivity index (χ0) is 13.8. The average molecular weight is 277 g/mol. The first-order chi connectivity index (χ1) is 8.33. The van der Waals surface area contributed by atoms with Crippen molar-refractivity contribution in [3.63, 3.8) is 0 Å². The summed E-state index contributed by atoms with van der Waals surface area (Å²) >= 11 is 0. The Bertz CT molecular complexity index is 398. The first kappa shape index (κ1) is 15.2. The molecular formula is C11H23N3O3S. The summed E-state index contributed by atoms with van der Waals surface area (Å²) in [7, 11) is -2.90. The van der Waals surface area contributed by atoms with Gasteiger partial charge in [0.2, 0.25) is 0 Å². The Morgan fingerprint density at radius 1 is 1.44 bits per heavy atom. The minimum absolute atomic E-state index is 0.197. The summed E-state index contributed by atoms with van der Waals surface area (Å²) in [4.78, 5) is 2.12. The molecule has 0 unspecified atom stereocenters. The number of amidine groups is 1. The van der Waals surface area contributed by atoms with Crippen molar-refractivity contribution in [2.45, 2.75) is 26.7 Å². The molecule has 0 aliphatic carbocycles. The normalized spacial score (nSPS) is 22.0. The number of nitrogens with zero attached hydrogens (tertiary/aromatic N) is 2. The number of hydrogen-bond acceptors (Lipinski definition) is 5. The molecule has 106 valence electrons. The number of oxime groups is 1. The second-order valence-electron chi connectivity index (χ2n) is 5.12. The smallest absolute Gasteiger partial charge is 0.151 e. The third-order valence-corrected chi connectivity index (χ3v) is 5.53. The zero-order valence-corrected chi connectivity index (χ0v) is 11.9. The standard InChI is InChI=1S/C11H23N3O3S/c1-3-18(16,17)9-8-14-6-4-11(2,5-7-14)10(12)13-15/h15H,3-9H2,1-2H3,(H2,12,13). The highest BCUT2D eigenvalue weighted by atomic mass is 32.2. The lowest BCUT2D eigenvalue weighted by Gasteiger charge is -2.38. The van der Waals surface area contributed by atoms with Crippen molar-refractivity contribution >= 4 is 15.7 Å². The lowest BCUT2D eigenvalue weighted by Crippen LogP contribution is -2.46. The van der Waals surface area contributed by atoms with E-state index in [1.807, 2.05) is 6.92 Å². The predicted molar refractivity (Wildman–Crippen MR) is 71.5 cm³/mol. The third kappa shape index (κ3) is 3.84. The van der Waals surface area contributed by atoms with Gasteiger partial charge >= 0.3 is 0 Å². The molecule has 7 heteroatoms. The fourth-order valence-electron chi connectivity index (χ4n) is 2.06. The molecule has 0 atom stereocenters. The lowest BCUT2D eigenvalue weighted by molar-refractivity contribution is 0.166. The van der Waals surface area contributed by atoms with Crippen LogP contribution < -0.4 is 5.73 Å². The Morgan fingerprint density at radius 2 is 2.00 bits per heavy atom. The molecule has 18 heavy (non-hydrogen) atoms. The van der Waals surface area contributed by atoms with Crippen LogP contribution in [-0.2, 0) is 9.84 Å². The van der Waals surface area contributed by atoms with Crippen molar-refractivity contribution in [2.75, 3.05) is 31.1 Å². The summed E-state index contributed by atoms with van der Waals surface area (Å²) in [6, 6.07) is 0. The topological polar surface area (TPSA) is 96.0 Å². The van der Waals surface area contributed by atoms with Gasteiger partial charge in [0, 0.05) is 17.7 Å². The molecule has 6 nitrogen and oxygen atoms in total. The van der Waals surface area contributed by atoms with Crippen molar-refractivity contribution in [3.8, 4) is 0 Å². The molecule has 0 aromatic rings. The van der Waals surface area contributed by atoms with E-state index >= 15 is 0 Å². The lowest BCUT2D eigenvalue weighted by atomic mass is 9.79. The minimum Gasteiger partial charge on any atom is -0.409 e. The van der Waals surface area contributed by atoms with E-state index in [0.29, 0.717) is 6.54 Å². The maximum atomic E-state index is 11.4. The van der Waals surface area contributed by atoms with Crippen molar-refractivity contribution in [3.05, 3.63) is 0 Å². The summed E-state index contributed by atoms with van der Waals surface area (Å²) in [5.74, 6) is 0.676. The molecule has 1 heterocycles. The summed E-state index contributed by atoms with van der Waals surface area (Å²) in [6.07, 6.45) is 1.57. The zero-order valence-electron chi connectivity index (χ0n) is 11.1. The fraction of sp³-hybridized carbons (Fsp3) is 0.909. The van der Waals surface area contributed by atoms with Gasteiger partial charge < -0.3 is 15.8 Å². The van der Waals surface area contributed by atoms with Crippen molar-refractivity contribution in [1.82, 2.24) is 4.90 Å². The van der Waals surface area contributed by atoms with Crippen LogP contribution in [0.1, 0.15) is 26.7 Å². The van der Waals surface area contributed by atoms with E-state index in [0.717, 1.165) is 25.9 Å². The number of likely N-dealkylation sites (tertiary alicyclic amines) is 1. The average Bonchev–Trinajstić information content (AvgIpc) is 2.37. The van der Waals surface area contributed by atoms with Crippen molar-refractivity contribution in [1.29, 1.82) is 0 Å². The van der Waals surface area contributed by atoms with Gasteiger partial charge in [0.25, 0.3) is 0 Å². The van der Waals surface area contributed by atoms with Gasteiger partial charge in [-0.1, -0.05) is 19.0 Å². The van der Waals surface area contributed by atoms with Crippen molar-refractivity contribution < 1.29 is 13.6 Å². The molecule has 0 radical (unpaired) electrons. The molecule has 0 bridgehead atoms. The molecule has 1 rings (SSSR count). The minimum atomic E-state index is -2.90. The molecule has 0 aromatic heterocycles. The summed E-state index contributed by atoms with van der Waals surface area (Å²) in [5, 5.41) is 11.8. The van der Waals surface area contributed by atoms with Crippen LogP contribution in [0, 0.1) is 5.41 Å². The summed E-state index contributed by atoms with van der Waals surface area (Å²) in [5.41, 5.74) is 5.41. The van der Waals surface area contributed by atoms with Gasteiger partial charge in [-0.2, -0.15) is 0 Å². The monoisotopic (exact) mass is 277 g/mol. The first-order valence-electron chi connectivity index (χ1n) is 6.24. The molecule has 1 aliphatic heterocycles. The van der Waals surface area contributed by atoms with Gasteiger partial charge in [-0.25, -0.2) is 8.42 Å². The summed E-state index contributed by atoms with van der Waals surface area (Å²) in [6.45, 7) is 5.78. The van der Waals surface area contributed by atoms with Crippen LogP contribution in [0.15, 0.2) is 5.16 Å². The predicted octanol–water partition coefficient (Wildman–Crippen LogP) is 0.270. The molecular weight excluding hydrogens is 254 g/mol. The van der Waals surface area contributed by atoms with Gasteiger partial charge in [0.1, 0.15) is 5.84 Å². The number of nitrogens with two attached hydrogens (primary N) is 1. The Labute approximate surface area is 109 Å². The summed E-state index contributed by atoms with van der Waals surface area (Å²) < 4.78 is 22.9. The molecule has 0 amide bonds. The van der Waals surface area contributed by atoms with Gasteiger partial charge in [0.15, 0.2) is 9.84 Å². The quantitative estimate of drug-likeness (QED) is 0.325. The Kier molecular flexibility index (Phi) is 4.98. The fourth-order valence-corrected chi connectivity index (χ4v) is 2.88. The van der Waals surface area contributed by atoms with E-state index in [4.69, 9.17) is 10.9 Å². The van der Waals surface area contributed by atoms with Crippen LogP contribution in [0.25, 0.3) is 0 Å². The maximum absolute atomic E-state index is 11.4. The Hall–Kier alpha value is -0.820. The molecule has 1 fully saturated rings. The first-order valence-corrected chi connectivity index (χ1v) is 8.06.